The second kappa shape index (κ2) is 5.91. The monoisotopic (exact) mass is 276 g/mol. The van der Waals surface area contributed by atoms with Gasteiger partial charge in [0, 0.05) is 19.7 Å². The van der Waals surface area contributed by atoms with E-state index in [0.29, 0.717) is 5.56 Å². The molecule has 1 aromatic rings. The largest absolute Gasteiger partial charge is 0.427 e. The summed E-state index contributed by atoms with van der Waals surface area (Å²) >= 11 is 5.39. The highest BCUT2D eigenvalue weighted by Crippen LogP contribution is 2.34. The van der Waals surface area contributed by atoms with Gasteiger partial charge in [-0.3, -0.25) is 0 Å². The Morgan fingerprint density at radius 1 is 1.22 bits per heavy atom. The molecule has 0 aliphatic carbocycles. The molecule has 1 rings (SSSR count). The Balaban J connectivity index is 3.28. The zero-order chi connectivity index (χ0) is 13.8. The minimum atomic E-state index is -4.59. The summed E-state index contributed by atoms with van der Waals surface area (Å²) in [6, 6.07) is 8.08. The molecule has 98 valence electrons. The first-order valence-corrected chi connectivity index (χ1v) is 5.44. The summed E-state index contributed by atoms with van der Waals surface area (Å²) in [5.74, 6) is 0. The number of halogens is 4. The van der Waals surface area contributed by atoms with Gasteiger partial charge in [-0.25, -0.2) is 0 Å². The molecule has 0 unspecified atom stereocenters. The van der Waals surface area contributed by atoms with Gasteiger partial charge in [0.15, 0.2) is 0 Å². The molecule has 0 saturated carbocycles. The van der Waals surface area contributed by atoms with Crippen LogP contribution in [0, 0.1) is 0 Å². The Kier molecular flexibility index (Phi) is 4.78. The molecule has 0 spiro atoms. The third kappa shape index (κ3) is 4.07. The van der Waals surface area contributed by atoms with Gasteiger partial charge in [-0.2, -0.15) is 18.3 Å². The van der Waals surface area contributed by atoms with Crippen LogP contribution in [-0.4, -0.2) is 31.5 Å². The molecule has 0 bridgehead atoms. The fourth-order valence-corrected chi connectivity index (χ4v) is 1.36. The number of allylic oxidation sites excluding steroid dienone is 2. The number of hydrogen-bond donors (Lipinski definition) is 0. The van der Waals surface area contributed by atoms with E-state index in [2.05, 4.69) is 5.10 Å². The average molecular weight is 277 g/mol. The Bertz CT molecular complexity index is 450. The summed E-state index contributed by atoms with van der Waals surface area (Å²) in [7, 11) is 3.22. The maximum Gasteiger partial charge on any atom is 0.427 e. The molecule has 0 aliphatic rings. The fraction of sp³-hybridized carbons (Fsp3) is 0.250. The predicted octanol–water partition coefficient (Wildman–Crippen LogP) is 3.75. The Morgan fingerprint density at radius 3 is 2.22 bits per heavy atom. The van der Waals surface area contributed by atoms with Gasteiger partial charge in [0.2, 0.25) is 0 Å². The van der Waals surface area contributed by atoms with Crippen molar-refractivity contribution in [2.75, 3.05) is 14.1 Å². The normalized spacial score (nSPS) is 13.7. The second-order valence-electron chi connectivity index (χ2n) is 3.68. The molecule has 0 aromatic heterocycles. The zero-order valence-corrected chi connectivity index (χ0v) is 10.6. The van der Waals surface area contributed by atoms with E-state index in [1.165, 1.54) is 5.01 Å². The van der Waals surface area contributed by atoms with Crippen LogP contribution >= 0.6 is 11.6 Å². The van der Waals surface area contributed by atoms with Crippen molar-refractivity contribution < 1.29 is 13.2 Å². The van der Waals surface area contributed by atoms with Crippen LogP contribution in [-0.2, 0) is 0 Å². The molecule has 0 radical (unpaired) electrons. The lowest BCUT2D eigenvalue weighted by molar-refractivity contribution is -0.0838. The van der Waals surface area contributed by atoms with E-state index in [1.54, 1.807) is 44.4 Å². The minimum absolute atomic E-state index is 0.154. The summed E-state index contributed by atoms with van der Waals surface area (Å²) in [5, 5.41) is 4.01. The number of benzene rings is 1. The quantitative estimate of drug-likeness (QED) is 0.606. The van der Waals surface area contributed by atoms with E-state index in [1.807, 2.05) is 0 Å². The molecule has 0 heterocycles. The van der Waals surface area contributed by atoms with Gasteiger partial charge >= 0.3 is 6.18 Å². The van der Waals surface area contributed by atoms with E-state index in [9.17, 15) is 13.2 Å². The molecule has 6 heteroatoms. The predicted molar refractivity (Wildman–Crippen MR) is 67.4 cm³/mol. The maximum atomic E-state index is 12.6. The van der Waals surface area contributed by atoms with Crippen molar-refractivity contribution in [3.8, 4) is 0 Å². The molecule has 0 aliphatic heterocycles. The van der Waals surface area contributed by atoms with Crippen molar-refractivity contribution in [2.24, 2.45) is 5.10 Å². The number of rotatable bonds is 3. The van der Waals surface area contributed by atoms with E-state index in [4.69, 9.17) is 11.6 Å². The smallest absolute Gasteiger partial charge is 0.303 e. The number of alkyl halides is 3. The average Bonchev–Trinajstić information content (AvgIpc) is 2.29. The van der Waals surface area contributed by atoms with Crippen molar-refractivity contribution in [2.45, 2.75) is 6.18 Å². The highest BCUT2D eigenvalue weighted by Gasteiger charge is 2.35. The molecule has 0 fully saturated rings. The molecule has 1 aromatic carbocycles. The van der Waals surface area contributed by atoms with Gasteiger partial charge in [0.05, 0.1) is 6.21 Å². The summed E-state index contributed by atoms with van der Waals surface area (Å²) in [6.07, 6.45) is -3.49. The first-order chi connectivity index (χ1) is 8.32. The second-order valence-corrected chi connectivity index (χ2v) is 4.06. The molecule has 0 amide bonds. The van der Waals surface area contributed by atoms with Crippen LogP contribution in [0.15, 0.2) is 40.5 Å². The van der Waals surface area contributed by atoms with Crippen LogP contribution in [0.5, 0.6) is 0 Å². The topological polar surface area (TPSA) is 15.6 Å². The van der Waals surface area contributed by atoms with Crippen molar-refractivity contribution >= 4 is 23.4 Å². The molecule has 18 heavy (non-hydrogen) atoms. The summed E-state index contributed by atoms with van der Waals surface area (Å²) in [5.41, 5.74) is 0.212. The van der Waals surface area contributed by atoms with Gasteiger partial charge in [0.25, 0.3) is 0 Å². The van der Waals surface area contributed by atoms with Crippen LogP contribution in [0.1, 0.15) is 5.56 Å². The van der Waals surface area contributed by atoms with Crippen LogP contribution in [0.25, 0.3) is 5.57 Å². The molecule has 0 saturated heterocycles. The minimum Gasteiger partial charge on any atom is -0.303 e. The lowest BCUT2D eigenvalue weighted by Gasteiger charge is -2.11. The molecule has 0 atom stereocenters. The van der Waals surface area contributed by atoms with Gasteiger partial charge in [-0.1, -0.05) is 41.9 Å². The third-order valence-corrected chi connectivity index (χ3v) is 2.41. The number of hydrogen-bond acceptors (Lipinski definition) is 2. The number of hydrazone groups is 1. The standard InChI is InChI=1S/C12H12ClF3N2/c1-18(2)17-8-10(11(13)12(14,15)16)9-6-4-3-5-7-9/h3-8H,1-2H3/b11-10+,17-8+. The van der Waals surface area contributed by atoms with E-state index in [0.717, 1.165) is 6.21 Å². The summed E-state index contributed by atoms with van der Waals surface area (Å²) < 4.78 is 37.9. The van der Waals surface area contributed by atoms with E-state index < -0.39 is 11.2 Å². The highest BCUT2D eigenvalue weighted by atomic mass is 35.5. The van der Waals surface area contributed by atoms with Gasteiger partial charge in [0.1, 0.15) is 5.03 Å². The van der Waals surface area contributed by atoms with Gasteiger partial charge in [-0.15, -0.1) is 0 Å². The van der Waals surface area contributed by atoms with Crippen molar-refractivity contribution in [3.63, 3.8) is 0 Å². The fourth-order valence-electron chi connectivity index (χ4n) is 1.20. The maximum absolute atomic E-state index is 12.6. The Labute approximate surface area is 108 Å². The third-order valence-electron chi connectivity index (χ3n) is 1.99. The van der Waals surface area contributed by atoms with E-state index >= 15 is 0 Å². The molecule has 2 nitrogen and oxygen atoms in total. The van der Waals surface area contributed by atoms with Gasteiger partial charge < -0.3 is 5.01 Å². The molecular formula is C12H12ClF3N2. The lowest BCUT2D eigenvalue weighted by atomic mass is 10.1. The first kappa shape index (κ1) is 14.6. The lowest BCUT2D eigenvalue weighted by Crippen LogP contribution is -2.11. The van der Waals surface area contributed by atoms with Crippen LogP contribution in [0.2, 0.25) is 0 Å². The molecular weight excluding hydrogens is 265 g/mol. The van der Waals surface area contributed by atoms with E-state index in [-0.39, 0.29) is 5.57 Å². The van der Waals surface area contributed by atoms with Crippen molar-refractivity contribution in [1.82, 2.24) is 5.01 Å². The Morgan fingerprint density at radius 2 is 1.78 bits per heavy atom. The first-order valence-electron chi connectivity index (χ1n) is 5.06. The highest BCUT2D eigenvalue weighted by molar-refractivity contribution is 6.37. The number of nitrogens with zero attached hydrogens (tertiary/aromatic N) is 2. The molecule has 0 N–H and O–H groups in total. The van der Waals surface area contributed by atoms with Gasteiger partial charge in [-0.05, 0) is 5.56 Å². The summed E-state index contributed by atoms with van der Waals surface area (Å²) in [6.45, 7) is 0. The van der Waals surface area contributed by atoms with Crippen LogP contribution < -0.4 is 0 Å². The van der Waals surface area contributed by atoms with Crippen molar-refractivity contribution in [1.29, 1.82) is 0 Å². The SMILES string of the molecule is CN(C)/N=C/C(=C(\Cl)C(F)(F)F)c1ccccc1. The zero-order valence-electron chi connectivity index (χ0n) is 9.87. The summed E-state index contributed by atoms with van der Waals surface area (Å²) in [4.78, 5) is 0. The Hall–Kier alpha value is -1.49. The van der Waals surface area contributed by atoms with Crippen LogP contribution in [0.3, 0.4) is 0 Å². The van der Waals surface area contributed by atoms with Crippen molar-refractivity contribution in [3.05, 3.63) is 40.9 Å². The van der Waals surface area contributed by atoms with Crippen LogP contribution in [0.4, 0.5) is 13.2 Å².